The topological polar surface area (TPSA) is 0 Å². The van der Waals surface area contributed by atoms with Crippen LogP contribution in [0.25, 0.3) is 0 Å². The molecule has 0 aliphatic rings. The third kappa shape index (κ3) is 5.87. The predicted molar refractivity (Wildman–Crippen MR) is 44.8 cm³/mol. The number of rotatable bonds is 0. The summed E-state index contributed by atoms with van der Waals surface area (Å²) >= 11 is 4.54. The van der Waals surface area contributed by atoms with E-state index < -0.39 is 8.07 Å². The van der Waals surface area contributed by atoms with E-state index in [1.807, 2.05) is 0 Å². The Hall–Kier alpha value is -0.133. The Morgan fingerprint density at radius 3 is 2.00 bits per heavy atom. The lowest BCUT2D eigenvalue weighted by molar-refractivity contribution is 1.82. The van der Waals surface area contributed by atoms with Crippen molar-refractivity contribution < 1.29 is 0 Å². The molecule has 0 bridgehead atoms. The maximum absolute atomic E-state index is 4.54. The molecule has 0 saturated heterocycles. The Balaban J connectivity index is 3.87. The van der Waals surface area contributed by atoms with Crippen molar-refractivity contribution in [1.82, 2.24) is 0 Å². The first kappa shape index (κ1) is 7.87. The fourth-order valence-electron chi connectivity index (χ4n) is 0.246. The minimum absolute atomic E-state index is 1.14. The second-order valence-electron chi connectivity index (χ2n) is 2.64. The second kappa shape index (κ2) is 3.01. The molecule has 0 nitrogen and oxygen atoms in total. The zero-order valence-corrected chi connectivity index (χ0v) is 7.30. The zero-order chi connectivity index (χ0) is 6.62. The van der Waals surface area contributed by atoms with E-state index in [2.05, 4.69) is 43.3 Å². The Morgan fingerprint density at radius 2 is 1.88 bits per heavy atom. The summed E-state index contributed by atoms with van der Waals surface area (Å²) in [6.45, 7) is 6.58. The second-order valence-corrected chi connectivity index (χ2v) is 7.62. The van der Waals surface area contributed by atoms with Gasteiger partial charge in [-0.2, -0.15) is 0 Å². The third-order valence-electron chi connectivity index (χ3n) is 0.506. The van der Waals surface area contributed by atoms with Crippen LogP contribution in [0.4, 0.5) is 0 Å². The molecule has 0 radical (unpaired) electrons. The van der Waals surface area contributed by atoms with Crippen LogP contribution in [0.2, 0.25) is 19.6 Å². The molecule has 0 fully saturated rings. The van der Waals surface area contributed by atoms with E-state index in [0.29, 0.717) is 0 Å². The maximum Gasteiger partial charge on any atom is 0.129 e. The molecule has 0 amide bonds. The van der Waals surface area contributed by atoms with Crippen LogP contribution in [0.15, 0.2) is 0 Å². The monoisotopic (exact) mass is 142 g/mol. The molecule has 0 unspecified atom stereocenters. The predicted octanol–water partition coefficient (Wildman–Crippen LogP) is 1.87. The minimum atomic E-state index is -1.14. The van der Waals surface area contributed by atoms with Crippen LogP contribution in [0.5, 0.6) is 0 Å². The van der Waals surface area contributed by atoms with Gasteiger partial charge < -0.3 is 0 Å². The summed E-state index contributed by atoms with van der Waals surface area (Å²) in [5, 5.41) is 1.48. The minimum Gasteiger partial charge on any atom is -0.126 e. The van der Waals surface area contributed by atoms with Crippen LogP contribution in [0.1, 0.15) is 0 Å². The van der Waals surface area contributed by atoms with E-state index >= 15 is 0 Å². The summed E-state index contributed by atoms with van der Waals surface area (Å²) in [5.41, 5.74) is 3.10. The molecule has 0 atom stereocenters. The normalized spacial score (nSPS) is 9.38. The first-order chi connectivity index (χ1) is 3.56. The van der Waals surface area contributed by atoms with E-state index in [0.717, 1.165) is 0 Å². The molecule has 0 rings (SSSR count). The lowest BCUT2D eigenvalue weighted by Gasteiger charge is -2.01. The quantitative estimate of drug-likeness (QED) is 0.283. The molecule has 8 heavy (non-hydrogen) atoms. The molecule has 0 aliphatic carbocycles. The van der Waals surface area contributed by atoms with Gasteiger partial charge in [-0.05, 0) is 0 Å². The van der Waals surface area contributed by atoms with Crippen LogP contribution < -0.4 is 0 Å². The average molecular weight is 142 g/mol. The van der Waals surface area contributed by atoms with Crippen molar-refractivity contribution in [2.24, 2.45) is 0 Å². The highest BCUT2D eigenvalue weighted by atomic mass is 32.1. The zero-order valence-electron chi connectivity index (χ0n) is 5.49. The lowest BCUT2D eigenvalue weighted by Crippen LogP contribution is -2.16. The molecule has 0 aromatic carbocycles. The standard InChI is InChI=1S/C6H10SSi/c1-8(2,3)6-4-5-7/h5H,1-3H3. The average Bonchev–Trinajstić information content (AvgIpc) is 1.59. The Morgan fingerprint density at radius 1 is 1.38 bits per heavy atom. The molecule has 2 heteroatoms. The van der Waals surface area contributed by atoms with Crippen molar-refractivity contribution in [3.05, 3.63) is 0 Å². The van der Waals surface area contributed by atoms with Gasteiger partial charge >= 0.3 is 0 Å². The van der Waals surface area contributed by atoms with Crippen molar-refractivity contribution in [2.75, 3.05) is 0 Å². The first-order valence-corrected chi connectivity index (χ1v) is 6.50. The summed E-state index contributed by atoms with van der Waals surface area (Å²) in [6.07, 6.45) is 0. The number of hydrogen-bond donors (Lipinski definition) is 0. The van der Waals surface area contributed by atoms with Crippen LogP contribution >= 0.6 is 12.2 Å². The summed E-state index contributed by atoms with van der Waals surface area (Å²) in [5.74, 6) is 2.79. The van der Waals surface area contributed by atoms with Crippen LogP contribution in [0.3, 0.4) is 0 Å². The first-order valence-electron chi connectivity index (χ1n) is 2.52. The van der Waals surface area contributed by atoms with Crippen LogP contribution in [-0.4, -0.2) is 13.4 Å². The van der Waals surface area contributed by atoms with E-state index in [9.17, 15) is 0 Å². The van der Waals surface area contributed by atoms with Crippen molar-refractivity contribution in [1.29, 1.82) is 0 Å². The highest BCUT2D eigenvalue weighted by Crippen LogP contribution is 1.95. The van der Waals surface area contributed by atoms with Crippen molar-refractivity contribution in [3.63, 3.8) is 0 Å². The fourth-order valence-corrected chi connectivity index (χ4v) is 0.915. The van der Waals surface area contributed by atoms with Gasteiger partial charge in [0.15, 0.2) is 0 Å². The Kier molecular flexibility index (Phi) is 2.96. The van der Waals surface area contributed by atoms with E-state index in [4.69, 9.17) is 0 Å². The van der Waals surface area contributed by atoms with Gasteiger partial charge in [0.25, 0.3) is 0 Å². The molecular formula is C6H10SSi. The Labute approximate surface area is 57.3 Å². The SMILES string of the molecule is C[Si](C)(C)C#CC=S. The van der Waals surface area contributed by atoms with Gasteiger partial charge in [0.1, 0.15) is 8.07 Å². The van der Waals surface area contributed by atoms with Crippen molar-refractivity contribution in [2.45, 2.75) is 19.6 Å². The largest absolute Gasteiger partial charge is 0.129 e. The van der Waals surface area contributed by atoms with Gasteiger partial charge in [0.2, 0.25) is 0 Å². The number of hydrogen-bond acceptors (Lipinski definition) is 1. The van der Waals surface area contributed by atoms with Crippen LogP contribution in [0, 0.1) is 11.5 Å². The molecule has 0 N–H and O–H groups in total. The van der Waals surface area contributed by atoms with Crippen molar-refractivity contribution in [3.8, 4) is 11.5 Å². The Bertz CT molecular complexity index is 133. The third-order valence-corrected chi connectivity index (χ3v) is 1.52. The lowest BCUT2D eigenvalue weighted by atomic mass is 10.8. The maximum atomic E-state index is 4.54. The number of thiocarbonyl (C=S) groups is 1. The fraction of sp³-hybridized carbons (Fsp3) is 0.500. The van der Waals surface area contributed by atoms with Gasteiger partial charge in [-0.1, -0.05) is 37.8 Å². The highest BCUT2D eigenvalue weighted by Gasteiger charge is 2.06. The molecule has 44 valence electrons. The molecule has 0 saturated carbocycles. The molecule has 0 aromatic rings. The molecule has 0 heterocycles. The van der Waals surface area contributed by atoms with Crippen LogP contribution in [-0.2, 0) is 0 Å². The molecule has 0 spiro atoms. The van der Waals surface area contributed by atoms with Gasteiger partial charge in [0.05, 0.1) is 5.37 Å². The summed E-state index contributed by atoms with van der Waals surface area (Å²) in [7, 11) is -1.14. The molecule has 0 aromatic heterocycles. The van der Waals surface area contributed by atoms with E-state index in [1.54, 1.807) is 0 Å². The molecular weight excluding hydrogens is 132 g/mol. The van der Waals surface area contributed by atoms with Gasteiger partial charge in [-0.25, -0.2) is 0 Å². The van der Waals surface area contributed by atoms with Gasteiger partial charge in [-0.15, -0.1) is 5.54 Å². The summed E-state index contributed by atoms with van der Waals surface area (Å²) in [4.78, 5) is 0. The molecule has 0 aliphatic heterocycles. The summed E-state index contributed by atoms with van der Waals surface area (Å²) in [6, 6.07) is 0. The smallest absolute Gasteiger partial charge is 0.126 e. The van der Waals surface area contributed by atoms with Gasteiger partial charge in [0, 0.05) is 0 Å². The van der Waals surface area contributed by atoms with E-state index in [-0.39, 0.29) is 0 Å². The van der Waals surface area contributed by atoms with Crippen molar-refractivity contribution >= 4 is 25.7 Å². The van der Waals surface area contributed by atoms with Gasteiger partial charge in [-0.3, -0.25) is 0 Å². The highest BCUT2D eigenvalue weighted by molar-refractivity contribution is 7.79. The summed E-state index contributed by atoms with van der Waals surface area (Å²) < 4.78 is 0. The van der Waals surface area contributed by atoms with E-state index in [1.165, 1.54) is 5.37 Å².